The van der Waals surface area contributed by atoms with Crippen molar-refractivity contribution >= 4 is 17.5 Å². The van der Waals surface area contributed by atoms with Crippen molar-refractivity contribution in [2.24, 2.45) is 0 Å². The summed E-state index contributed by atoms with van der Waals surface area (Å²) in [6, 6.07) is 24.5. The van der Waals surface area contributed by atoms with Gasteiger partial charge in [-0.25, -0.2) is 0 Å². The topological polar surface area (TPSA) is 67.2 Å². The highest BCUT2D eigenvalue weighted by Gasteiger charge is 2.14. The van der Waals surface area contributed by atoms with Crippen molar-refractivity contribution in [3.8, 4) is 11.1 Å². The lowest BCUT2D eigenvalue weighted by Crippen LogP contribution is -2.21. The Hall–Kier alpha value is -4.19. The molecule has 0 atom stereocenters. The van der Waals surface area contributed by atoms with Gasteiger partial charge < -0.3 is 10.2 Å². The molecule has 1 aromatic heterocycles. The molecule has 160 valence electrons. The van der Waals surface area contributed by atoms with E-state index >= 15 is 0 Å². The van der Waals surface area contributed by atoms with Gasteiger partial charge in [-0.2, -0.15) is 5.10 Å². The van der Waals surface area contributed by atoms with E-state index in [1.807, 2.05) is 65.5 Å². The normalized spacial score (nSPS) is 10.6. The molecule has 0 aliphatic rings. The molecule has 0 saturated heterocycles. The zero-order chi connectivity index (χ0) is 22.5. The van der Waals surface area contributed by atoms with Crippen LogP contribution in [0.15, 0.2) is 91.3 Å². The first kappa shape index (κ1) is 21.1. The molecule has 32 heavy (non-hydrogen) atoms. The molecule has 0 aliphatic carbocycles. The average molecular weight is 425 g/mol. The van der Waals surface area contributed by atoms with Crippen LogP contribution in [0.5, 0.6) is 0 Å². The molecule has 3 aromatic carbocycles. The third-order valence-corrected chi connectivity index (χ3v) is 5.14. The van der Waals surface area contributed by atoms with Crippen LogP contribution in [0.1, 0.15) is 26.3 Å². The van der Waals surface area contributed by atoms with E-state index < -0.39 is 0 Å². The van der Waals surface area contributed by atoms with Crippen molar-refractivity contribution in [1.82, 2.24) is 14.7 Å². The van der Waals surface area contributed by atoms with Crippen molar-refractivity contribution in [2.45, 2.75) is 6.54 Å². The summed E-state index contributed by atoms with van der Waals surface area (Å²) < 4.78 is 1.87. The number of amides is 2. The molecule has 4 rings (SSSR count). The molecule has 6 heteroatoms. The number of nitrogens with zero attached hydrogens (tertiary/aromatic N) is 3. The van der Waals surface area contributed by atoms with Crippen LogP contribution in [-0.4, -0.2) is 40.6 Å². The molecule has 0 spiro atoms. The van der Waals surface area contributed by atoms with Crippen molar-refractivity contribution < 1.29 is 9.59 Å². The van der Waals surface area contributed by atoms with Crippen LogP contribution in [0.25, 0.3) is 11.1 Å². The maximum absolute atomic E-state index is 13.0. The summed E-state index contributed by atoms with van der Waals surface area (Å²) in [6.07, 6.45) is 3.69. The van der Waals surface area contributed by atoms with Crippen molar-refractivity contribution in [3.05, 3.63) is 108 Å². The van der Waals surface area contributed by atoms with Gasteiger partial charge in [0.25, 0.3) is 11.8 Å². The predicted molar refractivity (Wildman–Crippen MR) is 126 cm³/mol. The average Bonchev–Trinajstić information content (AvgIpc) is 3.32. The highest BCUT2D eigenvalue weighted by molar-refractivity contribution is 6.08. The van der Waals surface area contributed by atoms with Gasteiger partial charge in [-0.3, -0.25) is 14.3 Å². The zero-order valence-corrected chi connectivity index (χ0v) is 18.0. The highest BCUT2D eigenvalue weighted by Crippen LogP contribution is 2.25. The fraction of sp³-hybridized carbons (Fsp3) is 0.115. The lowest BCUT2D eigenvalue weighted by atomic mass is 9.98. The molecule has 1 N–H and O–H groups in total. The van der Waals surface area contributed by atoms with Gasteiger partial charge in [0, 0.05) is 43.3 Å². The number of hydrogen-bond donors (Lipinski definition) is 1. The monoisotopic (exact) mass is 424 g/mol. The summed E-state index contributed by atoms with van der Waals surface area (Å²) in [4.78, 5) is 26.6. The minimum absolute atomic E-state index is 0.0794. The molecule has 0 bridgehead atoms. The van der Waals surface area contributed by atoms with E-state index in [0.717, 1.165) is 16.7 Å². The van der Waals surface area contributed by atoms with Gasteiger partial charge in [0.1, 0.15) is 0 Å². The first-order valence-corrected chi connectivity index (χ1v) is 10.3. The van der Waals surface area contributed by atoms with Gasteiger partial charge in [-0.15, -0.1) is 0 Å². The molecule has 6 nitrogen and oxygen atoms in total. The second-order valence-electron chi connectivity index (χ2n) is 7.68. The maximum atomic E-state index is 13.0. The number of hydrogen-bond acceptors (Lipinski definition) is 3. The van der Waals surface area contributed by atoms with Gasteiger partial charge in [-0.1, -0.05) is 42.5 Å². The van der Waals surface area contributed by atoms with Gasteiger partial charge >= 0.3 is 0 Å². The first-order valence-electron chi connectivity index (χ1n) is 10.3. The lowest BCUT2D eigenvalue weighted by molar-refractivity contribution is 0.0827. The second kappa shape index (κ2) is 9.31. The third kappa shape index (κ3) is 4.75. The van der Waals surface area contributed by atoms with Gasteiger partial charge in [0.2, 0.25) is 0 Å². The standard InChI is InChI=1S/C26H24N4O2/c1-29(2)26(32)21-12-14-22(15-13-21)28-25(31)24-7-4-3-6-23(24)20-10-8-19(9-11-20)18-30-17-5-16-27-30/h3-17H,18H2,1-2H3,(H,28,31). The van der Waals surface area contributed by atoms with Crippen molar-refractivity contribution in [1.29, 1.82) is 0 Å². The second-order valence-corrected chi connectivity index (χ2v) is 7.68. The SMILES string of the molecule is CN(C)C(=O)c1ccc(NC(=O)c2ccccc2-c2ccc(Cn3cccn3)cc2)cc1. The fourth-order valence-electron chi connectivity index (χ4n) is 3.46. The quantitative estimate of drug-likeness (QED) is 0.494. The summed E-state index contributed by atoms with van der Waals surface area (Å²) in [7, 11) is 3.41. The number of rotatable bonds is 6. The Morgan fingerprint density at radius 3 is 2.28 bits per heavy atom. The molecule has 2 amide bonds. The number of benzene rings is 3. The molecule has 0 radical (unpaired) electrons. The molecule has 0 unspecified atom stereocenters. The van der Waals surface area contributed by atoms with Crippen LogP contribution in [0.4, 0.5) is 5.69 Å². The van der Waals surface area contributed by atoms with Crippen molar-refractivity contribution in [2.75, 3.05) is 19.4 Å². The minimum atomic E-state index is -0.201. The van der Waals surface area contributed by atoms with Crippen LogP contribution >= 0.6 is 0 Å². The molecule has 4 aromatic rings. The fourth-order valence-corrected chi connectivity index (χ4v) is 3.46. The van der Waals surface area contributed by atoms with Gasteiger partial charge in [0.15, 0.2) is 0 Å². The molecule has 0 saturated carbocycles. The predicted octanol–water partition coefficient (Wildman–Crippen LogP) is 4.55. The summed E-state index contributed by atoms with van der Waals surface area (Å²) in [5.74, 6) is -0.280. The Balaban J connectivity index is 1.51. The smallest absolute Gasteiger partial charge is 0.256 e. The van der Waals surface area contributed by atoms with Crippen LogP contribution in [-0.2, 0) is 6.54 Å². The number of carbonyl (C=O) groups excluding carboxylic acids is 2. The minimum Gasteiger partial charge on any atom is -0.345 e. The summed E-state index contributed by atoms with van der Waals surface area (Å²) in [5, 5.41) is 7.16. The lowest BCUT2D eigenvalue weighted by Gasteiger charge is -2.13. The Labute approximate surface area is 187 Å². The van der Waals surface area contributed by atoms with Crippen LogP contribution in [0, 0.1) is 0 Å². The van der Waals surface area contributed by atoms with E-state index in [-0.39, 0.29) is 11.8 Å². The molecule has 0 fully saturated rings. The molecular weight excluding hydrogens is 400 g/mol. The number of nitrogens with one attached hydrogen (secondary N) is 1. The van der Waals surface area contributed by atoms with Crippen LogP contribution in [0.2, 0.25) is 0 Å². The van der Waals surface area contributed by atoms with Crippen LogP contribution in [0.3, 0.4) is 0 Å². The third-order valence-electron chi connectivity index (χ3n) is 5.14. The summed E-state index contributed by atoms with van der Waals surface area (Å²) in [6.45, 7) is 0.696. The van der Waals surface area contributed by atoms with Crippen LogP contribution < -0.4 is 5.32 Å². The zero-order valence-electron chi connectivity index (χ0n) is 18.0. The van der Waals surface area contributed by atoms with E-state index in [4.69, 9.17) is 0 Å². The van der Waals surface area contributed by atoms with E-state index in [2.05, 4.69) is 10.4 Å². The Morgan fingerprint density at radius 2 is 1.62 bits per heavy atom. The van der Waals surface area contributed by atoms with Gasteiger partial charge in [-0.05, 0) is 53.1 Å². The Bertz CT molecular complexity index is 1210. The Kier molecular flexibility index (Phi) is 6.12. The van der Waals surface area contributed by atoms with Gasteiger partial charge in [0.05, 0.1) is 6.54 Å². The van der Waals surface area contributed by atoms with Crippen molar-refractivity contribution in [3.63, 3.8) is 0 Å². The van der Waals surface area contributed by atoms with E-state index in [9.17, 15) is 9.59 Å². The summed E-state index contributed by atoms with van der Waals surface area (Å²) >= 11 is 0. The molecule has 1 heterocycles. The van der Waals surface area contributed by atoms with E-state index in [0.29, 0.717) is 23.4 Å². The number of aromatic nitrogens is 2. The first-order chi connectivity index (χ1) is 15.5. The largest absolute Gasteiger partial charge is 0.345 e. The molecular formula is C26H24N4O2. The highest BCUT2D eigenvalue weighted by atomic mass is 16.2. The summed E-state index contributed by atoms with van der Waals surface area (Å²) in [5.41, 5.74) is 4.74. The Morgan fingerprint density at radius 1 is 0.906 bits per heavy atom. The van der Waals surface area contributed by atoms with E-state index in [1.165, 1.54) is 4.90 Å². The number of carbonyl (C=O) groups is 2. The maximum Gasteiger partial charge on any atom is 0.256 e. The molecule has 0 aliphatic heterocycles. The van der Waals surface area contributed by atoms with E-state index in [1.54, 1.807) is 44.6 Å². The number of anilines is 1.